The Morgan fingerprint density at radius 3 is 3.00 bits per heavy atom. The summed E-state index contributed by atoms with van der Waals surface area (Å²) in [6.07, 6.45) is 3.87. The molecular weight excluding hydrogens is 324 g/mol. The summed E-state index contributed by atoms with van der Waals surface area (Å²) in [5.41, 5.74) is 2.72. The Bertz CT molecular complexity index is 826. The molecule has 0 aliphatic carbocycles. The lowest BCUT2D eigenvalue weighted by molar-refractivity contribution is -0.123. The number of hydrogen-bond acceptors (Lipinski definition) is 5. The molecule has 2 atom stereocenters. The summed E-state index contributed by atoms with van der Waals surface area (Å²) >= 11 is 1.61. The third-order valence-corrected chi connectivity index (χ3v) is 4.91. The number of rotatable bonds is 3. The van der Waals surface area contributed by atoms with Gasteiger partial charge in [0.05, 0.1) is 18.4 Å². The van der Waals surface area contributed by atoms with E-state index < -0.39 is 0 Å². The van der Waals surface area contributed by atoms with E-state index in [1.807, 2.05) is 53.4 Å². The highest BCUT2D eigenvalue weighted by Crippen LogP contribution is 2.23. The summed E-state index contributed by atoms with van der Waals surface area (Å²) in [7, 11) is 0. The second-order valence-electron chi connectivity index (χ2n) is 5.79. The van der Waals surface area contributed by atoms with Crippen LogP contribution in [0.4, 0.5) is 5.69 Å². The van der Waals surface area contributed by atoms with E-state index in [-0.39, 0.29) is 18.1 Å². The van der Waals surface area contributed by atoms with Crippen molar-refractivity contribution >= 4 is 27.9 Å². The van der Waals surface area contributed by atoms with Gasteiger partial charge < -0.3 is 15.4 Å². The predicted molar refractivity (Wildman–Crippen MR) is 94.3 cm³/mol. The standard InChI is InChI=1S/C17H18N4O2S/c1-11-15(18-6-8-23-11)16(22)19-13-4-2-12(3-5-13)14-10-21-7-9-24-17(21)20-14/h2-5,7,9-11,15,18H,6,8H2,1H3,(H,19,22)/t11-,15+/m1/s1. The quantitative estimate of drug-likeness (QED) is 0.767. The van der Waals surface area contributed by atoms with Crippen molar-refractivity contribution in [3.8, 4) is 11.3 Å². The molecule has 0 bridgehead atoms. The number of ether oxygens (including phenoxy) is 1. The number of aromatic nitrogens is 2. The molecule has 3 heterocycles. The van der Waals surface area contributed by atoms with Crippen molar-refractivity contribution in [1.82, 2.24) is 14.7 Å². The van der Waals surface area contributed by atoms with Gasteiger partial charge >= 0.3 is 0 Å². The first-order valence-corrected chi connectivity index (χ1v) is 8.77. The molecule has 0 unspecified atom stereocenters. The number of anilines is 1. The SMILES string of the molecule is C[C@H]1OCCN[C@@H]1C(=O)Nc1ccc(-c2cn3ccsc3n2)cc1. The van der Waals surface area contributed by atoms with Gasteiger partial charge in [-0.15, -0.1) is 11.3 Å². The predicted octanol–water partition coefficient (Wildman–Crippen LogP) is 2.38. The van der Waals surface area contributed by atoms with Crippen LogP contribution in [0.3, 0.4) is 0 Å². The lowest BCUT2D eigenvalue weighted by Crippen LogP contribution is -2.53. The third-order valence-electron chi connectivity index (χ3n) is 4.14. The molecule has 2 aromatic heterocycles. The van der Waals surface area contributed by atoms with E-state index >= 15 is 0 Å². The molecule has 2 N–H and O–H groups in total. The van der Waals surface area contributed by atoms with Crippen LogP contribution in [0.15, 0.2) is 42.0 Å². The average molecular weight is 342 g/mol. The topological polar surface area (TPSA) is 67.7 Å². The number of nitrogens with one attached hydrogen (secondary N) is 2. The molecule has 24 heavy (non-hydrogen) atoms. The number of carbonyl (C=O) groups is 1. The summed E-state index contributed by atoms with van der Waals surface area (Å²) in [4.78, 5) is 17.9. The number of amides is 1. The van der Waals surface area contributed by atoms with Crippen LogP contribution in [0, 0.1) is 0 Å². The fourth-order valence-electron chi connectivity index (χ4n) is 2.84. The number of hydrogen-bond donors (Lipinski definition) is 2. The van der Waals surface area contributed by atoms with E-state index in [1.165, 1.54) is 0 Å². The summed E-state index contributed by atoms with van der Waals surface area (Å²) in [6, 6.07) is 7.41. The second kappa shape index (κ2) is 6.35. The van der Waals surface area contributed by atoms with Gasteiger partial charge in [-0.05, 0) is 19.1 Å². The van der Waals surface area contributed by atoms with E-state index in [4.69, 9.17) is 4.74 Å². The molecule has 1 aliphatic rings. The van der Waals surface area contributed by atoms with Crippen molar-refractivity contribution in [2.75, 3.05) is 18.5 Å². The summed E-state index contributed by atoms with van der Waals surface area (Å²) in [6.45, 7) is 3.24. The van der Waals surface area contributed by atoms with Crippen LogP contribution in [0.25, 0.3) is 16.2 Å². The van der Waals surface area contributed by atoms with E-state index in [2.05, 4.69) is 15.6 Å². The van der Waals surface area contributed by atoms with Crippen molar-refractivity contribution in [3.63, 3.8) is 0 Å². The number of morpholine rings is 1. The fraction of sp³-hybridized carbons (Fsp3) is 0.294. The van der Waals surface area contributed by atoms with Crippen LogP contribution >= 0.6 is 11.3 Å². The van der Waals surface area contributed by atoms with Crippen LogP contribution in [0.5, 0.6) is 0 Å². The molecule has 0 spiro atoms. The number of nitrogens with zero attached hydrogens (tertiary/aromatic N) is 2. The number of thiazole rings is 1. The van der Waals surface area contributed by atoms with Crippen LogP contribution < -0.4 is 10.6 Å². The minimum absolute atomic E-state index is 0.0718. The zero-order valence-corrected chi connectivity index (χ0v) is 14.0. The average Bonchev–Trinajstić information content (AvgIpc) is 3.17. The van der Waals surface area contributed by atoms with E-state index in [9.17, 15) is 4.79 Å². The van der Waals surface area contributed by atoms with Gasteiger partial charge in [0.2, 0.25) is 5.91 Å². The Morgan fingerprint density at radius 2 is 2.25 bits per heavy atom. The molecule has 1 aliphatic heterocycles. The largest absolute Gasteiger partial charge is 0.375 e. The van der Waals surface area contributed by atoms with Crippen LogP contribution in [0.1, 0.15) is 6.92 Å². The van der Waals surface area contributed by atoms with Crippen molar-refractivity contribution in [3.05, 3.63) is 42.0 Å². The molecule has 0 saturated carbocycles. The Kier molecular flexibility index (Phi) is 4.05. The van der Waals surface area contributed by atoms with Crippen molar-refractivity contribution in [2.24, 2.45) is 0 Å². The lowest BCUT2D eigenvalue weighted by atomic mass is 10.1. The molecule has 0 radical (unpaired) electrons. The summed E-state index contributed by atoms with van der Waals surface area (Å²) in [5, 5.41) is 8.14. The highest BCUT2D eigenvalue weighted by atomic mass is 32.1. The molecule has 3 aromatic rings. The van der Waals surface area contributed by atoms with Gasteiger partial charge in [0.1, 0.15) is 6.04 Å². The fourth-order valence-corrected chi connectivity index (χ4v) is 3.54. The number of fused-ring (bicyclic) bond motifs is 1. The van der Waals surface area contributed by atoms with Gasteiger partial charge in [-0.3, -0.25) is 9.20 Å². The third kappa shape index (κ3) is 2.93. The van der Waals surface area contributed by atoms with Gasteiger partial charge in [0, 0.05) is 35.6 Å². The molecule has 1 aromatic carbocycles. The van der Waals surface area contributed by atoms with Crippen molar-refractivity contribution in [2.45, 2.75) is 19.1 Å². The Balaban J connectivity index is 1.47. The zero-order valence-electron chi connectivity index (χ0n) is 13.2. The van der Waals surface area contributed by atoms with Gasteiger partial charge in [0.15, 0.2) is 4.96 Å². The highest BCUT2D eigenvalue weighted by Gasteiger charge is 2.28. The van der Waals surface area contributed by atoms with E-state index in [1.54, 1.807) is 11.3 Å². The van der Waals surface area contributed by atoms with Gasteiger partial charge in [-0.2, -0.15) is 0 Å². The molecule has 7 heteroatoms. The Hall–Kier alpha value is -2.22. The van der Waals surface area contributed by atoms with E-state index in [0.29, 0.717) is 13.2 Å². The molecule has 4 rings (SSSR count). The van der Waals surface area contributed by atoms with Crippen LogP contribution in [0.2, 0.25) is 0 Å². The van der Waals surface area contributed by atoms with Crippen molar-refractivity contribution in [1.29, 1.82) is 0 Å². The van der Waals surface area contributed by atoms with Gasteiger partial charge in [0.25, 0.3) is 0 Å². The lowest BCUT2D eigenvalue weighted by Gasteiger charge is -2.29. The molecular formula is C17H18N4O2S. The number of benzene rings is 1. The maximum atomic E-state index is 12.3. The first kappa shape index (κ1) is 15.3. The smallest absolute Gasteiger partial charge is 0.244 e. The van der Waals surface area contributed by atoms with Crippen molar-refractivity contribution < 1.29 is 9.53 Å². The molecule has 124 valence electrons. The summed E-state index contributed by atoms with van der Waals surface area (Å²) < 4.78 is 7.52. The monoisotopic (exact) mass is 342 g/mol. The first-order valence-electron chi connectivity index (χ1n) is 7.89. The van der Waals surface area contributed by atoms with Crippen LogP contribution in [-0.2, 0) is 9.53 Å². The normalized spacial score (nSPS) is 21.0. The van der Waals surface area contributed by atoms with Crippen LogP contribution in [-0.4, -0.2) is 40.6 Å². The molecule has 1 fully saturated rings. The van der Waals surface area contributed by atoms with E-state index in [0.717, 1.165) is 21.9 Å². The molecule has 1 amide bonds. The molecule has 6 nitrogen and oxygen atoms in total. The maximum absolute atomic E-state index is 12.3. The molecule has 1 saturated heterocycles. The second-order valence-corrected chi connectivity index (χ2v) is 6.67. The maximum Gasteiger partial charge on any atom is 0.244 e. The first-order chi connectivity index (χ1) is 11.7. The summed E-state index contributed by atoms with van der Waals surface area (Å²) in [5.74, 6) is -0.0718. The number of imidazole rings is 1. The minimum Gasteiger partial charge on any atom is -0.375 e. The highest BCUT2D eigenvalue weighted by molar-refractivity contribution is 7.15. The Morgan fingerprint density at radius 1 is 1.42 bits per heavy atom. The van der Waals surface area contributed by atoms with Gasteiger partial charge in [-0.1, -0.05) is 12.1 Å². The number of carbonyl (C=O) groups excluding carboxylic acids is 1. The minimum atomic E-state index is -0.321. The van der Waals surface area contributed by atoms with Gasteiger partial charge in [-0.25, -0.2) is 4.98 Å². The Labute approximate surface area is 143 Å². The zero-order chi connectivity index (χ0) is 16.5.